The highest BCUT2D eigenvalue weighted by Gasteiger charge is 2.29. The number of carbonyl (C=O) groups is 1. The lowest BCUT2D eigenvalue weighted by Crippen LogP contribution is -2.34. The lowest BCUT2D eigenvalue weighted by molar-refractivity contribution is 0.0593. The van der Waals surface area contributed by atoms with Gasteiger partial charge in [-0.1, -0.05) is 30.3 Å². The van der Waals surface area contributed by atoms with Crippen molar-refractivity contribution < 1.29 is 23.1 Å². The fourth-order valence-electron chi connectivity index (χ4n) is 3.08. The second kappa shape index (κ2) is 8.58. The molecular formula is C24H23N3O5. The highest BCUT2D eigenvalue weighted by atomic mass is 16.6. The lowest BCUT2D eigenvalue weighted by Gasteiger charge is -2.25. The summed E-state index contributed by atoms with van der Waals surface area (Å²) in [5.41, 5.74) is 1.28. The van der Waals surface area contributed by atoms with Crippen LogP contribution in [0.2, 0.25) is 0 Å². The molecule has 0 atom stereocenters. The number of nitrogens with zero attached hydrogens (tertiary/aromatic N) is 3. The van der Waals surface area contributed by atoms with E-state index in [4.69, 9.17) is 18.3 Å². The van der Waals surface area contributed by atoms with Gasteiger partial charge in [0.05, 0.1) is 30.8 Å². The largest absolute Gasteiger partial charge is 0.496 e. The molecule has 0 saturated heterocycles. The first kappa shape index (κ1) is 21.2. The second-order valence-corrected chi connectivity index (χ2v) is 7.94. The zero-order valence-electron chi connectivity index (χ0n) is 18.2. The van der Waals surface area contributed by atoms with E-state index in [0.29, 0.717) is 28.5 Å². The van der Waals surface area contributed by atoms with Crippen LogP contribution in [0.4, 0.5) is 16.5 Å². The Kier molecular flexibility index (Phi) is 5.68. The van der Waals surface area contributed by atoms with Crippen molar-refractivity contribution in [2.75, 3.05) is 12.0 Å². The molecule has 0 fully saturated rings. The van der Waals surface area contributed by atoms with E-state index in [0.717, 1.165) is 5.56 Å². The minimum Gasteiger partial charge on any atom is -0.496 e. The normalized spacial score (nSPS) is 11.2. The molecule has 8 heteroatoms. The number of anilines is 2. The Morgan fingerprint density at radius 2 is 1.81 bits per heavy atom. The average Bonchev–Trinajstić information content (AvgIpc) is 3.46. The van der Waals surface area contributed by atoms with Crippen molar-refractivity contribution in [3.63, 3.8) is 0 Å². The third kappa shape index (κ3) is 4.49. The third-order valence-corrected chi connectivity index (χ3v) is 4.46. The number of ether oxygens (including phenoxy) is 2. The summed E-state index contributed by atoms with van der Waals surface area (Å²) in [5, 5.41) is 0. The van der Waals surface area contributed by atoms with Gasteiger partial charge in [0.1, 0.15) is 11.4 Å². The maximum Gasteiger partial charge on any atom is 0.423 e. The number of hydrogen-bond acceptors (Lipinski definition) is 7. The average molecular weight is 433 g/mol. The molecule has 8 nitrogen and oxygen atoms in total. The van der Waals surface area contributed by atoms with Crippen LogP contribution in [0.15, 0.2) is 76.2 Å². The predicted octanol–water partition coefficient (Wildman–Crippen LogP) is 6.08. The summed E-state index contributed by atoms with van der Waals surface area (Å²) < 4.78 is 22.5. The number of benzene rings is 2. The minimum atomic E-state index is -0.714. The standard InChI is InChI=1S/C24H23N3O5/c1-24(2,3)32-23(28)27(22-26-14-20(31-22)16-8-6-5-7-9-16)17-10-11-18(19(12-17)29-4)21-13-25-15-30-21/h5-15H,1-4H3. The van der Waals surface area contributed by atoms with Gasteiger partial charge in [-0.2, -0.15) is 4.90 Å². The van der Waals surface area contributed by atoms with Crippen LogP contribution in [0.1, 0.15) is 20.8 Å². The van der Waals surface area contributed by atoms with E-state index in [1.165, 1.54) is 18.4 Å². The van der Waals surface area contributed by atoms with Gasteiger partial charge in [-0.3, -0.25) is 0 Å². The van der Waals surface area contributed by atoms with Crippen LogP contribution < -0.4 is 9.64 Å². The van der Waals surface area contributed by atoms with Crippen molar-refractivity contribution >= 4 is 17.8 Å². The Labute approximate surface area is 185 Å². The first-order chi connectivity index (χ1) is 15.4. The van der Waals surface area contributed by atoms with E-state index < -0.39 is 11.7 Å². The summed E-state index contributed by atoms with van der Waals surface area (Å²) >= 11 is 0. The molecular weight excluding hydrogens is 410 g/mol. The SMILES string of the molecule is COc1cc(N(C(=O)OC(C)(C)C)c2ncc(-c3ccccc3)o2)ccc1-c1cnco1. The second-order valence-electron chi connectivity index (χ2n) is 7.94. The van der Waals surface area contributed by atoms with E-state index in [1.807, 2.05) is 30.3 Å². The van der Waals surface area contributed by atoms with Crippen molar-refractivity contribution in [3.8, 4) is 28.4 Å². The first-order valence-electron chi connectivity index (χ1n) is 9.97. The van der Waals surface area contributed by atoms with E-state index >= 15 is 0 Å². The van der Waals surface area contributed by atoms with Gasteiger partial charge in [-0.15, -0.1) is 0 Å². The van der Waals surface area contributed by atoms with Crippen LogP contribution >= 0.6 is 0 Å². The van der Waals surface area contributed by atoms with Crippen LogP contribution in [-0.4, -0.2) is 28.8 Å². The molecule has 2 aromatic heterocycles. The summed E-state index contributed by atoms with van der Waals surface area (Å²) in [6.07, 6.45) is 3.87. The van der Waals surface area contributed by atoms with E-state index in [1.54, 1.807) is 51.4 Å². The molecule has 2 aromatic carbocycles. The smallest absolute Gasteiger partial charge is 0.423 e. The number of rotatable bonds is 5. The molecule has 0 radical (unpaired) electrons. The monoisotopic (exact) mass is 433 g/mol. The van der Waals surface area contributed by atoms with Gasteiger partial charge in [-0.25, -0.2) is 14.8 Å². The van der Waals surface area contributed by atoms with E-state index in [9.17, 15) is 4.79 Å². The van der Waals surface area contributed by atoms with Crippen LogP contribution in [0.5, 0.6) is 5.75 Å². The molecule has 32 heavy (non-hydrogen) atoms. The van der Waals surface area contributed by atoms with Gasteiger partial charge < -0.3 is 18.3 Å². The molecule has 0 bridgehead atoms. The number of oxazole rings is 2. The molecule has 4 rings (SSSR count). The summed E-state index contributed by atoms with van der Waals surface area (Å²) in [5.74, 6) is 1.56. The molecule has 0 aliphatic rings. The van der Waals surface area contributed by atoms with Crippen molar-refractivity contribution in [2.45, 2.75) is 26.4 Å². The summed E-state index contributed by atoms with van der Waals surface area (Å²) in [6.45, 7) is 5.38. The maximum atomic E-state index is 13.2. The molecule has 1 amide bonds. The number of carbonyl (C=O) groups excluding carboxylic acids is 1. The molecule has 0 N–H and O–H groups in total. The van der Waals surface area contributed by atoms with Crippen molar-refractivity contribution in [3.05, 3.63) is 67.3 Å². The highest BCUT2D eigenvalue weighted by Crippen LogP contribution is 2.37. The highest BCUT2D eigenvalue weighted by molar-refractivity contribution is 5.94. The zero-order chi connectivity index (χ0) is 22.7. The third-order valence-electron chi connectivity index (χ3n) is 4.46. The van der Waals surface area contributed by atoms with E-state index in [-0.39, 0.29) is 6.01 Å². The first-order valence-corrected chi connectivity index (χ1v) is 9.97. The fourth-order valence-corrected chi connectivity index (χ4v) is 3.08. The fraction of sp³-hybridized carbons (Fsp3) is 0.208. The van der Waals surface area contributed by atoms with Crippen molar-refractivity contribution in [1.82, 2.24) is 9.97 Å². The summed E-state index contributed by atoms with van der Waals surface area (Å²) in [7, 11) is 1.54. The molecule has 0 spiro atoms. The van der Waals surface area contributed by atoms with Crippen LogP contribution in [0.3, 0.4) is 0 Å². The molecule has 164 valence electrons. The maximum absolute atomic E-state index is 13.2. The predicted molar refractivity (Wildman–Crippen MR) is 119 cm³/mol. The number of amides is 1. The molecule has 4 aromatic rings. The van der Waals surface area contributed by atoms with Crippen LogP contribution in [-0.2, 0) is 4.74 Å². The molecule has 0 aliphatic heterocycles. The van der Waals surface area contributed by atoms with Gasteiger partial charge in [0.2, 0.25) is 0 Å². The zero-order valence-corrected chi connectivity index (χ0v) is 18.2. The van der Waals surface area contributed by atoms with Crippen LogP contribution in [0, 0.1) is 0 Å². The van der Waals surface area contributed by atoms with Gasteiger partial charge >= 0.3 is 12.1 Å². The molecule has 0 aliphatic carbocycles. The van der Waals surface area contributed by atoms with Gasteiger partial charge in [0.25, 0.3) is 0 Å². The number of aromatic nitrogens is 2. The Morgan fingerprint density at radius 3 is 2.47 bits per heavy atom. The Morgan fingerprint density at radius 1 is 1.03 bits per heavy atom. The Bertz CT molecular complexity index is 1190. The topological polar surface area (TPSA) is 90.8 Å². The van der Waals surface area contributed by atoms with Crippen molar-refractivity contribution in [1.29, 1.82) is 0 Å². The quantitative estimate of drug-likeness (QED) is 0.377. The minimum absolute atomic E-state index is 0.0765. The summed E-state index contributed by atoms with van der Waals surface area (Å²) in [4.78, 5) is 22.7. The lowest BCUT2D eigenvalue weighted by atomic mass is 10.1. The van der Waals surface area contributed by atoms with Crippen LogP contribution in [0.25, 0.3) is 22.6 Å². The number of methoxy groups -OCH3 is 1. The van der Waals surface area contributed by atoms with E-state index in [2.05, 4.69) is 9.97 Å². The molecule has 0 saturated carbocycles. The molecule has 0 unspecified atom stereocenters. The summed E-state index contributed by atoms with van der Waals surface area (Å²) in [6, 6.07) is 14.8. The van der Waals surface area contributed by atoms with Gasteiger partial charge in [0.15, 0.2) is 17.9 Å². The van der Waals surface area contributed by atoms with Gasteiger partial charge in [-0.05, 0) is 32.9 Å². The number of hydrogen-bond donors (Lipinski definition) is 0. The molecule has 2 heterocycles. The van der Waals surface area contributed by atoms with Crippen molar-refractivity contribution in [2.24, 2.45) is 0 Å². The Hall–Kier alpha value is -4.07. The Balaban J connectivity index is 1.77. The van der Waals surface area contributed by atoms with Gasteiger partial charge in [0, 0.05) is 11.6 Å².